The highest BCUT2D eigenvalue weighted by atomic mass is 32.2. The van der Waals surface area contributed by atoms with Crippen LogP contribution < -0.4 is 0 Å². The van der Waals surface area contributed by atoms with E-state index in [-0.39, 0.29) is 11.2 Å². The molecule has 2 aromatic heterocycles. The molecule has 0 unspecified atom stereocenters. The van der Waals surface area contributed by atoms with Crippen LogP contribution in [0.25, 0.3) is 5.65 Å². The molecule has 0 aliphatic rings. The van der Waals surface area contributed by atoms with Gasteiger partial charge in [0.25, 0.3) is 0 Å². The van der Waals surface area contributed by atoms with Crippen LogP contribution in [-0.2, 0) is 4.79 Å². The Morgan fingerprint density at radius 2 is 2.00 bits per heavy atom. The predicted octanol–water partition coefficient (Wildman–Crippen LogP) is 2.45. The molecule has 0 spiro atoms. The number of aromatic nitrogens is 4. The third kappa shape index (κ3) is 2.94. The lowest BCUT2D eigenvalue weighted by atomic mass is 9.92. The highest BCUT2D eigenvalue weighted by Crippen LogP contribution is 2.23. The van der Waals surface area contributed by atoms with E-state index in [1.165, 1.54) is 11.8 Å². The first kappa shape index (κ1) is 14.0. The number of carbonyl (C=O) groups is 1. The van der Waals surface area contributed by atoms with Gasteiger partial charge in [0, 0.05) is 17.2 Å². The van der Waals surface area contributed by atoms with Gasteiger partial charge in [0.1, 0.15) is 11.6 Å². The van der Waals surface area contributed by atoms with E-state index < -0.39 is 0 Å². The molecular formula is C13H18N4OS. The predicted molar refractivity (Wildman–Crippen MR) is 75.4 cm³/mol. The van der Waals surface area contributed by atoms with Crippen molar-refractivity contribution >= 4 is 23.2 Å². The summed E-state index contributed by atoms with van der Waals surface area (Å²) in [6.45, 7) is 9.62. The third-order valence-corrected chi connectivity index (χ3v) is 3.76. The molecule has 0 N–H and O–H groups in total. The lowest BCUT2D eigenvalue weighted by Crippen LogP contribution is -2.22. The monoisotopic (exact) mass is 278 g/mol. The number of thioether (sulfide) groups is 1. The number of Topliss-reactive ketones (excluding diaryl/α,β-unsaturated/α-hetero) is 1. The summed E-state index contributed by atoms with van der Waals surface area (Å²) in [4.78, 5) is 16.3. The standard InChI is InChI=1S/C13H18N4OS/c1-8-6-11-15-16-12(17(11)9(2)14-8)19-7-10(18)13(3,4)5/h6H,7H2,1-5H3. The van der Waals surface area contributed by atoms with Crippen molar-refractivity contribution in [1.29, 1.82) is 0 Å². The largest absolute Gasteiger partial charge is 0.298 e. The topological polar surface area (TPSA) is 60.2 Å². The van der Waals surface area contributed by atoms with Crippen molar-refractivity contribution < 1.29 is 4.79 Å². The highest BCUT2D eigenvalue weighted by molar-refractivity contribution is 7.99. The minimum Gasteiger partial charge on any atom is -0.298 e. The molecule has 0 saturated heterocycles. The van der Waals surface area contributed by atoms with Crippen LogP contribution in [0.3, 0.4) is 0 Å². The van der Waals surface area contributed by atoms with E-state index in [2.05, 4.69) is 15.2 Å². The molecule has 5 nitrogen and oxygen atoms in total. The van der Waals surface area contributed by atoms with Gasteiger partial charge >= 0.3 is 0 Å². The summed E-state index contributed by atoms with van der Waals surface area (Å²) in [5.41, 5.74) is 1.37. The average molecular weight is 278 g/mol. The smallest absolute Gasteiger partial charge is 0.197 e. The molecule has 6 heteroatoms. The Bertz CT molecular complexity index is 627. The Hall–Kier alpha value is -1.43. The fourth-order valence-electron chi connectivity index (χ4n) is 1.64. The van der Waals surface area contributed by atoms with E-state index in [0.717, 1.165) is 22.3 Å². The first-order valence-electron chi connectivity index (χ1n) is 6.14. The molecule has 0 fully saturated rings. The Morgan fingerprint density at radius 1 is 1.32 bits per heavy atom. The van der Waals surface area contributed by atoms with E-state index in [1.807, 2.05) is 45.1 Å². The normalized spacial score (nSPS) is 12.1. The molecule has 0 aromatic carbocycles. The maximum Gasteiger partial charge on any atom is 0.197 e. The number of carbonyl (C=O) groups excluding carboxylic acids is 1. The van der Waals surface area contributed by atoms with Crippen molar-refractivity contribution in [1.82, 2.24) is 19.6 Å². The molecule has 0 amide bonds. The fraction of sp³-hybridized carbons (Fsp3) is 0.538. The summed E-state index contributed by atoms with van der Waals surface area (Å²) >= 11 is 1.41. The van der Waals surface area contributed by atoms with Crippen molar-refractivity contribution in [2.45, 2.75) is 39.8 Å². The zero-order chi connectivity index (χ0) is 14.2. The lowest BCUT2D eigenvalue weighted by Gasteiger charge is -2.15. The summed E-state index contributed by atoms with van der Waals surface area (Å²) < 4.78 is 1.88. The van der Waals surface area contributed by atoms with Gasteiger partial charge < -0.3 is 0 Å². The lowest BCUT2D eigenvalue weighted by molar-refractivity contribution is -0.123. The van der Waals surface area contributed by atoms with Crippen LogP contribution in [0.5, 0.6) is 0 Å². The molecule has 19 heavy (non-hydrogen) atoms. The first-order chi connectivity index (χ1) is 8.79. The van der Waals surface area contributed by atoms with E-state index in [9.17, 15) is 4.79 Å². The van der Waals surface area contributed by atoms with Crippen LogP contribution >= 0.6 is 11.8 Å². The van der Waals surface area contributed by atoms with E-state index in [4.69, 9.17) is 0 Å². The molecule has 0 atom stereocenters. The number of hydrogen-bond acceptors (Lipinski definition) is 5. The van der Waals surface area contributed by atoms with Crippen molar-refractivity contribution in [3.05, 3.63) is 17.6 Å². The quantitative estimate of drug-likeness (QED) is 0.807. The van der Waals surface area contributed by atoms with E-state index >= 15 is 0 Å². The van der Waals surface area contributed by atoms with Crippen LogP contribution in [0, 0.1) is 19.3 Å². The zero-order valence-electron chi connectivity index (χ0n) is 11.9. The Morgan fingerprint density at radius 3 is 2.63 bits per heavy atom. The summed E-state index contributed by atoms with van der Waals surface area (Å²) in [6.07, 6.45) is 0. The van der Waals surface area contributed by atoms with Crippen molar-refractivity contribution in [2.24, 2.45) is 5.41 Å². The Kier molecular flexibility index (Phi) is 3.62. The van der Waals surface area contributed by atoms with Gasteiger partial charge in [-0.1, -0.05) is 32.5 Å². The third-order valence-electron chi connectivity index (χ3n) is 2.83. The van der Waals surface area contributed by atoms with E-state index in [0.29, 0.717) is 5.75 Å². The van der Waals surface area contributed by atoms with Gasteiger partial charge in [-0.05, 0) is 13.8 Å². The molecule has 102 valence electrons. The van der Waals surface area contributed by atoms with Crippen LogP contribution in [0.15, 0.2) is 11.2 Å². The fourth-order valence-corrected chi connectivity index (χ4v) is 2.79. The SMILES string of the molecule is Cc1cc2nnc(SCC(=O)C(C)(C)C)n2c(C)n1. The number of rotatable bonds is 3. The molecule has 2 aromatic rings. The molecule has 0 aliphatic heterocycles. The Balaban J connectivity index is 2.25. The number of aryl methyl sites for hydroxylation is 2. The molecule has 0 bridgehead atoms. The molecule has 2 heterocycles. The van der Waals surface area contributed by atoms with Crippen LogP contribution in [0.1, 0.15) is 32.3 Å². The Labute approximate surface area is 116 Å². The minimum absolute atomic E-state index is 0.201. The summed E-state index contributed by atoms with van der Waals surface area (Å²) in [5.74, 6) is 1.44. The highest BCUT2D eigenvalue weighted by Gasteiger charge is 2.22. The van der Waals surface area contributed by atoms with Crippen molar-refractivity contribution in [3.8, 4) is 0 Å². The van der Waals surface area contributed by atoms with Gasteiger partial charge in [0.05, 0.1) is 5.75 Å². The second-order valence-corrected chi connectivity index (χ2v) is 6.53. The summed E-state index contributed by atoms with van der Waals surface area (Å²) in [6, 6.07) is 1.88. The number of nitrogens with zero attached hydrogens (tertiary/aromatic N) is 4. The van der Waals surface area contributed by atoms with Crippen LogP contribution in [0.2, 0.25) is 0 Å². The van der Waals surface area contributed by atoms with Gasteiger partial charge in [0.15, 0.2) is 10.8 Å². The molecule has 0 radical (unpaired) electrons. The molecule has 0 saturated carbocycles. The number of fused-ring (bicyclic) bond motifs is 1. The second kappa shape index (κ2) is 4.92. The van der Waals surface area contributed by atoms with Gasteiger partial charge in [0.2, 0.25) is 0 Å². The van der Waals surface area contributed by atoms with Gasteiger partial charge in [-0.2, -0.15) is 0 Å². The van der Waals surface area contributed by atoms with Gasteiger partial charge in [-0.3, -0.25) is 9.20 Å². The number of hydrogen-bond donors (Lipinski definition) is 0. The maximum atomic E-state index is 11.9. The molecule has 2 rings (SSSR count). The number of ketones is 1. The van der Waals surface area contributed by atoms with Crippen LogP contribution in [-0.4, -0.2) is 31.1 Å². The van der Waals surface area contributed by atoms with Crippen LogP contribution in [0.4, 0.5) is 0 Å². The van der Waals surface area contributed by atoms with Gasteiger partial charge in [-0.25, -0.2) is 4.98 Å². The van der Waals surface area contributed by atoms with Gasteiger partial charge in [-0.15, -0.1) is 10.2 Å². The average Bonchev–Trinajstić information content (AvgIpc) is 2.67. The maximum absolute atomic E-state index is 11.9. The second-order valence-electron chi connectivity index (χ2n) is 5.58. The van der Waals surface area contributed by atoms with Crippen molar-refractivity contribution in [2.75, 3.05) is 5.75 Å². The molecule has 0 aliphatic carbocycles. The summed E-state index contributed by atoms with van der Waals surface area (Å²) in [5, 5.41) is 8.98. The van der Waals surface area contributed by atoms with E-state index in [1.54, 1.807) is 0 Å². The first-order valence-corrected chi connectivity index (χ1v) is 7.13. The summed E-state index contributed by atoms with van der Waals surface area (Å²) in [7, 11) is 0. The molecular weight excluding hydrogens is 260 g/mol. The van der Waals surface area contributed by atoms with Crippen molar-refractivity contribution in [3.63, 3.8) is 0 Å². The zero-order valence-corrected chi connectivity index (χ0v) is 12.7. The minimum atomic E-state index is -0.322.